The molecule has 1 aliphatic rings. The molecule has 0 saturated carbocycles. The van der Waals surface area contributed by atoms with E-state index in [-0.39, 0.29) is 5.69 Å². The molecule has 1 aromatic carbocycles. The third-order valence-electron chi connectivity index (χ3n) is 2.99. The fourth-order valence-electron chi connectivity index (χ4n) is 1.82. The van der Waals surface area contributed by atoms with Gasteiger partial charge in [-0.1, -0.05) is 23.4 Å². The fourth-order valence-corrected chi connectivity index (χ4v) is 1.82. The molecule has 0 aromatic heterocycles. The van der Waals surface area contributed by atoms with E-state index < -0.39 is 23.6 Å². The number of amides is 1. The average Bonchev–Trinajstić information content (AvgIpc) is 2.73. The van der Waals surface area contributed by atoms with Gasteiger partial charge in [-0.15, -0.1) is 0 Å². The van der Waals surface area contributed by atoms with Gasteiger partial charge in [0.1, 0.15) is 0 Å². The number of nitrogens with zero attached hydrogens (tertiary/aromatic N) is 1. The number of halogens is 3. The molecular weight excluding hydrogens is 261 g/mol. The Labute approximate surface area is 107 Å². The highest BCUT2D eigenvalue weighted by molar-refractivity contribution is 6.07. The predicted octanol–water partition coefficient (Wildman–Crippen LogP) is 2.58. The summed E-state index contributed by atoms with van der Waals surface area (Å²) in [5.74, 6) is -1.21. The van der Waals surface area contributed by atoms with Crippen molar-refractivity contribution in [2.45, 2.75) is 19.2 Å². The SMILES string of the molecule is CC1ON=CC1(C(=O)Nc1ccccc1)C(F)(F)F. The summed E-state index contributed by atoms with van der Waals surface area (Å²) in [4.78, 5) is 16.5. The van der Waals surface area contributed by atoms with Crippen LogP contribution in [-0.2, 0) is 9.63 Å². The standard InChI is InChI=1S/C12H11F3N2O2/c1-8-11(7-16-19-8,12(13,14)15)10(18)17-9-5-3-2-4-6-9/h2-8H,1H3,(H,17,18). The van der Waals surface area contributed by atoms with Crippen LogP contribution in [0, 0.1) is 5.41 Å². The number of anilines is 1. The van der Waals surface area contributed by atoms with Crippen molar-refractivity contribution in [1.82, 2.24) is 0 Å². The molecule has 1 amide bonds. The maximum atomic E-state index is 13.2. The van der Waals surface area contributed by atoms with Gasteiger partial charge in [-0.25, -0.2) is 0 Å². The van der Waals surface area contributed by atoms with E-state index in [1.807, 2.05) is 0 Å². The van der Waals surface area contributed by atoms with Crippen molar-refractivity contribution in [3.05, 3.63) is 30.3 Å². The molecule has 1 aliphatic heterocycles. The van der Waals surface area contributed by atoms with Gasteiger partial charge in [0.05, 0.1) is 6.21 Å². The summed E-state index contributed by atoms with van der Waals surface area (Å²) in [5.41, 5.74) is -2.48. The van der Waals surface area contributed by atoms with Crippen molar-refractivity contribution in [1.29, 1.82) is 0 Å². The van der Waals surface area contributed by atoms with Crippen molar-refractivity contribution >= 4 is 17.8 Å². The van der Waals surface area contributed by atoms with Gasteiger partial charge in [-0.05, 0) is 19.1 Å². The van der Waals surface area contributed by atoms with Crippen molar-refractivity contribution in [2.75, 3.05) is 5.32 Å². The van der Waals surface area contributed by atoms with Crippen molar-refractivity contribution in [3.63, 3.8) is 0 Å². The van der Waals surface area contributed by atoms with Crippen LogP contribution in [0.25, 0.3) is 0 Å². The van der Waals surface area contributed by atoms with Crippen LogP contribution in [0.3, 0.4) is 0 Å². The van der Waals surface area contributed by atoms with Crippen LogP contribution in [0.5, 0.6) is 0 Å². The van der Waals surface area contributed by atoms with Crippen LogP contribution in [0.2, 0.25) is 0 Å². The number of para-hydroxylation sites is 1. The number of alkyl halides is 3. The average molecular weight is 272 g/mol. The third kappa shape index (κ3) is 2.16. The van der Waals surface area contributed by atoms with Gasteiger partial charge in [0, 0.05) is 5.69 Å². The normalized spacial score (nSPS) is 26.0. The third-order valence-corrected chi connectivity index (χ3v) is 2.99. The number of carbonyl (C=O) groups is 1. The minimum Gasteiger partial charge on any atom is -0.391 e. The fraction of sp³-hybridized carbons (Fsp3) is 0.333. The van der Waals surface area contributed by atoms with E-state index in [1.165, 1.54) is 12.1 Å². The largest absolute Gasteiger partial charge is 0.412 e. The maximum absolute atomic E-state index is 13.2. The molecule has 0 bridgehead atoms. The molecule has 0 spiro atoms. The first kappa shape index (κ1) is 13.4. The molecular formula is C12H11F3N2O2. The first-order valence-electron chi connectivity index (χ1n) is 5.51. The first-order valence-corrected chi connectivity index (χ1v) is 5.51. The molecule has 7 heteroatoms. The van der Waals surface area contributed by atoms with Gasteiger partial charge in [-0.3, -0.25) is 4.79 Å². The Bertz CT molecular complexity index is 501. The first-order chi connectivity index (χ1) is 8.88. The number of nitrogens with one attached hydrogen (secondary N) is 1. The Hall–Kier alpha value is -2.05. The monoisotopic (exact) mass is 272 g/mol. The lowest BCUT2D eigenvalue weighted by molar-refractivity contribution is -0.215. The lowest BCUT2D eigenvalue weighted by atomic mass is 9.82. The van der Waals surface area contributed by atoms with E-state index in [1.54, 1.807) is 18.2 Å². The number of hydrogen-bond acceptors (Lipinski definition) is 3. The molecule has 1 heterocycles. The molecule has 1 aromatic rings. The maximum Gasteiger partial charge on any atom is 0.412 e. The van der Waals surface area contributed by atoms with E-state index in [4.69, 9.17) is 0 Å². The van der Waals surface area contributed by atoms with Crippen LogP contribution >= 0.6 is 0 Å². The van der Waals surface area contributed by atoms with Gasteiger partial charge >= 0.3 is 6.18 Å². The molecule has 2 rings (SSSR count). The minimum absolute atomic E-state index is 0.281. The highest BCUT2D eigenvalue weighted by Gasteiger charge is 2.66. The molecule has 0 saturated heterocycles. The summed E-state index contributed by atoms with van der Waals surface area (Å²) in [6.07, 6.45) is -5.68. The molecule has 0 aliphatic carbocycles. The van der Waals surface area contributed by atoms with Crippen LogP contribution in [-0.4, -0.2) is 24.4 Å². The van der Waals surface area contributed by atoms with E-state index in [9.17, 15) is 18.0 Å². The molecule has 4 nitrogen and oxygen atoms in total. The highest BCUT2D eigenvalue weighted by atomic mass is 19.4. The van der Waals surface area contributed by atoms with Crippen molar-refractivity contribution in [3.8, 4) is 0 Å². The zero-order valence-corrected chi connectivity index (χ0v) is 9.94. The minimum atomic E-state index is -4.79. The Morgan fingerprint density at radius 2 is 2.00 bits per heavy atom. The second-order valence-corrected chi connectivity index (χ2v) is 4.17. The quantitative estimate of drug-likeness (QED) is 0.899. The molecule has 0 radical (unpaired) electrons. The van der Waals surface area contributed by atoms with Gasteiger partial charge < -0.3 is 10.2 Å². The van der Waals surface area contributed by atoms with Crippen LogP contribution < -0.4 is 5.32 Å². The van der Waals surface area contributed by atoms with Crippen LogP contribution in [0.4, 0.5) is 18.9 Å². The second kappa shape index (κ2) is 4.56. The Kier molecular flexibility index (Phi) is 3.21. The Morgan fingerprint density at radius 1 is 1.37 bits per heavy atom. The summed E-state index contributed by atoms with van der Waals surface area (Å²) in [5, 5.41) is 5.37. The smallest absolute Gasteiger partial charge is 0.391 e. The zero-order valence-electron chi connectivity index (χ0n) is 9.94. The number of rotatable bonds is 2. The number of carbonyl (C=O) groups excluding carboxylic acids is 1. The van der Waals surface area contributed by atoms with E-state index in [0.717, 1.165) is 6.92 Å². The molecule has 2 atom stereocenters. The lowest BCUT2D eigenvalue weighted by Gasteiger charge is -2.29. The molecule has 1 N–H and O–H groups in total. The van der Waals surface area contributed by atoms with Gasteiger partial charge in [0.15, 0.2) is 6.10 Å². The van der Waals surface area contributed by atoms with Crippen molar-refractivity contribution < 1.29 is 22.8 Å². The number of benzene rings is 1. The van der Waals surface area contributed by atoms with Crippen LogP contribution in [0.15, 0.2) is 35.5 Å². The summed E-state index contributed by atoms with van der Waals surface area (Å²) in [6, 6.07) is 7.91. The topological polar surface area (TPSA) is 50.7 Å². The van der Waals surface area contributed by atoms with E-state index >= 15 is 0 Å². The zero-order chi connectivity index (χ0) is 14.1. The van der Waals surface area contributed by atoms with Gasteiger partial charge in [-0.2, -0.15) is 13.2 Å². The Balaban J connectivity index is 2.31. The molecule has 0 fully saturated rings. The van der Waals surface area contributed by atoms with Crippen LogP contribution in [0.1, 0.15) is 6.92 Å². The van der Waals surface area contributed by atoms with Gasteiger partial charge in [0.25, 0.3) is 0 Å². The Morgan fingerprint density at radius 3 is 2.47 bits per heavy atom. The number of hydrogen-bond donors (Lipinski definition) is 1. The van der Waals surface area contributed by atoms with E-state index in [0.29, 0.717) is 6.21 Å². The highest BCUT2D eigenvalue weighted by Crippen LogP contribution is 2.44. The molecule has 19 heavy (non-hydrogen) atoms. The molecule has 2 unspecified atom stereocenters. The lowest BCUT2D eigenvalue weighted by Crippen LogP contribution is -2.54. The number of oxime groups is 1. The predicted molar refractivity (Wildman–Crippen MR) is 62.6 cm³/mol. The van der Waals surface area contributed by atoms with E-state index in [2.05, 4.69) is 15.3 Å². The summed E-state index contributed by atoms with van der Waals surface area (Å²) >= 11 is 0. The molecule has 102 valence electrons. The van der Waals surface area contributed by atoms with Crippen molar-refractivity contribution in [2.24, 2.45) is 10.6 Å². The van der Waals surface area contributed by atoms with Gasteiger partial charge in [0.2, 0.25) is 11.3 Å². The summed E-state index contributed by atoms with van der Waals surface area (Å²) in [6.45, 7) is 1.16. The second-order valence-electron chi connectivity index (χ2n) is 4.17. The summed E-state index contributed by atoms with van der Waals surface area (Å²) in [7, 11) is 0. The summed E-state index contributed by atoms with van der Waals surface area (Å²) < 4.78 is 39.6.